The van der Waals surface area contributed by atoms with Crippen LogP contribution in [0.25, 0.3) is 5.57 Å². The van der Waals surface area contributed by atoms with Crippen molar-refractivity contribution in [1.29, 1.82) is 0 Å². The highest BCUT2D eigenvalue weighted by Crippen LogP contribution is 2.27. The fraction of sp³-hybridized carbons (Fsp3) is 0.304. The van der Waals surface area contributed by atoms with E-state index >= 15 is 0 Å². The number of nitrogens with zero attached hydrogens (tertiary/aromatic N) is 2. The summed E-state index contributed by atoms with van der Waals surface area (Å²) in [5.74, 6) is 0. The predicted octanol–water partition coefficient (Wildman–Crippen LogP) is 5.68. The van der Waals surface area contributed by atoms with E-state index in [9.17, 15) is 0 Å². The fourth-order valence-corrected chi connectivity index (χ4v) is 4.88. The lowest BCUT2D eigenvalue weighted by atomic mass is 10.0. The molecule has 27 heavy (non-hydrogen) atoms. The van der Waals surface area contributed by atoms with Gasteiger partial charge in [-0.2, -0.15) is 22.7 Å². The lowest BCUT2D eigenvalue weighted by Crippen LogP contribution is -2.46. The van der Waals surface area contributed by atoms with Crippen molar-refractivity contribution in [1.82, 2.24) is 4.90 Å². The minimum atomic E-state index is 1.02. The molecule has 0 amide bonds. The molecule has 0 radical (unpaired) electrons. The van der Waals surface area contributed by atoms with Gasteiger partial charge in [-0.05, 0) is 87.5 Å². The highest BCUT2D eigenvalue weighted by Gasteiger charge is 2.17. The van der Waals surface area contributed by atoms with Crippen LogP contribution in [0.15, 0.2) is 57.9 Å². The number of piperazine rings is 1. The molecule has 1 aliphatic heterocycles. The van der Waals surface area contributed by atoms with Crippen molar-refractivity contribution in [3.8, 4) is 0 Å². The minimum Gasteiger partial charge on any atom is -0.369 e. The van der Waals surface area contributed by atoms with E-state index in [4.69, 9.17) is 0 Å². The lowest BCUT2D eigenvalue weighted by Gasteiger charge is -2.36. The fourth-order valence-electron chi connectivity index (χ4n) is 3.57. The van der Waals surface area contributed by atoms with E-state index < -0.39 is 0 Å². The molecule has 1 aliphatic rings. The summed E-state index contributed by atoms with van der Waals surface area (Å²) in [4.78, 5) is 5.08. The largest absolute Gasteiger partial charge is 0.369 e. The summed E-state index contributed by atoms with van der Waals surface area (Å²) in [7, 11) is 0. The molecule has 0 atom stereocenters. The molecule has 0 saturated carbocycles. The Balaban J connectivity index is 1.41. The molecule has 2 nitrogen and oxygen atoms in total. The Labute approximate surface area is 170 Å². The minimum absolute atomic E-state index is 1.02. The molecule has 0 N–H and O–H groups in total. The maximum atomic E-state index is 2.57. The Morgan fingerprint density at radius 1 is 0.889 bits per heavy atom. The maximum Gasteiger partial charge on any atom is 0.0369 e. The second kappa shape index (κ2) is 8.42. The van der Waals surface area contributed by atoms with Gasteiger partial charge in [0.15, 0.2) is 0 Å². The first kappa shape index (κ1) is 18.5. The average Bonchev–Trinajstić information content (AvgIpc) is 3.39. The van der Waals surface area contributed by atoms with Gasteiger partial charge in [0.05, 0.1) is 0 Å². The van der Waals surface area contributed by atoms with Crippen LogP contribution in [-0.4, -0.2) is 37.6 Å². The average molecular weight is 395 g/mol. The molecule has 4 heteroatoms. The molecular weight excluding hydrogens is 368 g/mol. The third kappa shape index (κ3) is 4.34. The predicted molar refractivity (Wildman–Crippen MR) is 120 cm³/mol. The molecule has 0 unspecified atom stereocenters. The zero-order chi connectivity index (χ0) is 18.6. The van der Waals surface area contributed by atoms with Crippen molar-refractivity contribution in [3.05, 3.63) is 80.2 Å². The highest BCUT2D eigenvalue weighted by molar-refractivity contribution is 7.08. The van der Waals surface area contributed by atoms with E-state index in [-0.39, 0.29) is 0 Å². The molecule has 3 heterocycles. The second-order valence-corrected chi connectivity index (χ2v) is 8.76. The summed E-state index contributed by atoms with van der Waals surface area (Å²) in [6.45, 7) is 9.83. The van der Waals surface area contributed by atoms with E-state index in [0.29, 0.717) is 0 Å². The van der Waals surface area contributed by atoms with Gasteiger partial charge in [-0.15, -0.1) is 0 Å². The molecular formula is C23H26N2S2. The summed E-state index contributed by atoms with van der Waals surface area (Å²) in [5, 5.41) is 8.83. The third-order valence-corrected chi connectivity index (χ3v) is 6.81. The molecule has 1 saturated heterocycles. The molecule has 1 fully saturated rings. The highest BCUT2D eigenvalue weighted by atomic mass is 32.1. The first-order valence-electron chi connectivity index (χ1n) is 9.50. The first-order valence-corrected chi connectivity index (χ1v) is 11.4. The van der Waals surface area contributed by atoms with Gasteiger partial charge in [-0.25, -0.2) is 0 Å². The van der Waals surface area contributed by atoms with Gasteiger partial charge in [0.25, 0.3) is 0 Å². The zero-order valence-corrected chi connectivity index (χ0v) is 17.7. The topological polar surface area (TPSA) is 6.48 Å². The molecule has 0 spiro atoms. The van der Waals surface area contributed by atoms with Crippen molar-refractivity contribution in [2.75, 3.05) is 37.6 Å². The number of anilines is 1. The maximum absolute atomic E-state index is 2.57. The molecule has 2 aromatic heterocycles. The van der Waals surface area contributed by atoms with Crippen LogP contribution in [-0.2, 0) is 0 Å². The van der Waals surface area contributed by atoms with Gasteiger partial charge in [-0.3, -0.25) is 4.90 Å². The Morgan fingerprint density at radius 2 is 1.56 bits per heavy atom. The Morgan fingerprint density at radius 3 is 2.11 bits per heavy atom. The Kier molecular flexibility index (Phi) is 5.77. The number of hydrogen-bond acceptors (Lipinski definition) is 4. The van der Waals surface area contributed by atoms with Gasteiger partial charge in [-0.1, -0.05) is 12.1 Å². The van der Waals surface area contributed by atoms with Crippen LogP contribution in [0.3, 0.4) is 0 Å². The van der Waals surface area contributed by atoms with E-state index in [1.165, 1.54) is 33.5 Å². The van der Waals surface area contributed by atoms with Crippen LogP contribution in [0.2, 0.25) is 0 Å². The summed E-state index contributed by atoms with van der Waals surface area (Å²) >= 11 is 3.54. The second-order valence-electron chi connectivity index (χ2n) is 7.20. The van der Waals surface area contributed by atoms with Gasteiger partial charge in [0.2, 0.25) is 0 Å². The van der Waals surface area contributed by atoms with Crippen molar-refractivity contribution >= 4 is 33.9 Å². The van der Waals surface area contributed by atoms with Crippen LogP contribution in [0.5, 0.6) is 0 Å². The van der Waals surface area contributed by atoms with Gasteiger partial charge < -0.3 is 4.90 Å². The molecule has 3 aromatic rings. The number of rotatable bonds is 5. The normalized spacial score (nSPS) is 15.1. The van der Waals surface area contributed by atoms with E-state index in [2.05, 4.69) is 81.6 Å². The zero-order valence-electron chi connectivity index (χ0n) is 16.0. The van der Waals surface area contributed by atoms with Gasteiger partial charge in [0.1, 0.15) is 0 Å². The van der Waals surface area contributed by atoms with Crippen molar-refractivity contribution in [2.45, 2.75) is 13.8 Å². The van der Waals surface area contributed by atoms with Crippen molar-refractivity contribution < 1.29 is 0 Å². The number of thiophene rings is 2. The van der Waals surface area contributed by atoms with Crippen LogP contribution in [0.4, 0.5) is 5.69 Å². The molecule has 140 valence electrons. The summed E-state index contributed by atoms with van der Waals surface area (Å²) in [6.07, 6.45) is 2.41. The van der Waals surface area contributed by atoms with E-state index in [1.807, 2.05) is 0 Å². The number of benzene rings is 1. The molecule has 4 rings (SSSR count). The van der Waals surface area contributed by atoms with Gasteiger partial charge in [0, 0.05) is 38.4 Å². The number of hydrogen-bond donors (Lipinski definition) is 0. The molecule has 0 aliphatic carbocycles. The summed E-state index contributed by atoms with van der Waals surface area (Å²) in [6, 6.07) is 11.3. The van der Waals surface area contributed by atoms with E-state index in [0.717, 1.165) is 32.7 Å². The molecule has 1 aromatic carbocycles. The Bertz CT molecular complexity index is 850. The summed E-state index contributed by atoms with van der Waals surface area (Å²) < 4.78 is 0. The monoisotopic (exact) mass is 394 g/mol. The molecule has 0 bridgehead atoms. The van der Waals surface area contributed by atoms with E-state index in [1.54, 1.807) is 22.7 Å². The van der Waals surface area contributed by atoms with Crippen LogP contribution in [0.1, 0.15) is 22.3 Å². The van der Waals surface area contributed by atoms with Crippen molar-refractivity contribution in [2.24, 2.45) is 0 Å². The van der Waals surface area contributed by atoms with Gasteiger partial charge >= 0.3 is 0 Å². The van der Waals surface area contributed by atoms with Crippen LogP contribution in [0, 0.1) is 13.8 Å². The Hall–Kier alpha value is -1.88. The van der Waals surface area contributed by atoms with Crippen LogP contribution >= 0.6 is 22.7 Å². The standard InChI is InChI=1S/C23H26N2S2/c1-18-3-4-22(15-19(18)2)25-11-9-24(10-12-25)8-5-23(20-6-13-26-16-20)21-7-14-27-17-21/h3-7,13-17H,8-12H2,1-2H3. The third-order valence-electron chi connectivity index (χ3n) is 5.45. The quantitative estimate of drug-likeness (QED) is 0.549. The number of aryl methyl sites for hydroxylation is 2. The smallest absolute Gasteiger partial charge is 0.0369 e. The SMILES string of the molecule is Cc1ccc(N2CCN(CC=C(c3ccsc3)c3ccsc3)CC2)cc1C. The first-order chi connectivity index (χ1) is 13.2. The van der Waals surface area contributed by atoms with Crippen molar-refractivity contribution in [3.63, 3.8) is 0 Å². The lowest BCUT2D eigenvalue weighted by molar-refractivity contribution is 0.284. The van der Waals surface area contributed by atoms with Crippen LogP contribution < -0.4 is 4.90 Å². The summed E-state index contributed by atoms with van der Waals surface area (Å²) in [5.41, 5.74) is 8.17.